The number of anilines is 1. The number of alkyl halides is 4. The summed E-state index contributed by atoms with van der Waals surface area (Å²) in [6, 6.07) is 1.31. The van der Waals surface area contributed by atoms with Crippen molar-refractivity contribution in [3.63, 3.8) is 0 Å². The number of fused-ring (bicyclic) bond motifs is 1. The second kappa shape index (κ2) is 9.86. The number of carbonyl (C=O) groups is 1. The van der Waals surface area contributed by atoms with E-state index in [1.165, 1.54) is 38.7 Å². The summed E-state index contributed by atoms with van der Waals surface area (Å²) in [5.74, 6) is -6.84. The molecular formula is C23H32F4N2O5S2. The van der Waals surface area contributed by atoms with Crippen LogP contribution >= 0.6 is 11.8 Å². The fraction of sp³-hybridized carbons (Fsp3) is 0.696. The van der Waals surface area contributed by atoms with Crippen molar-refractivity contribution in [2.45, 2.75) is 80.2 Å². The number of carboxylic acid groups (broad SMARTS) is 1. The number of thioether (sulfide) groups is 1. The van der Waals surface area contributed by atoms with Gasteiger partial charge in [-0.05, 0) is 39.5 Å². The molecule has 0 saturated heterocycles. The molecule has 13 heteroatoms. The molecule has 0 amide bonds. The molecule has 1 atom stereocenters. The summed E-state index contributed by atoms with van der Waals surface area (Å²) in [5, 5.41) is 9.39. The maximum atomic E-state index is 13.8. The van der Waals surface area contributed by atoms with E-state index in [0.29, 0.717) is 4.90 Å². The highest BCUT2D eigenvalue weighted by atomic mass is 32.2. The zero-order chi connectivity index (χ0) is 27.3. The molecule has 0 aromatic heterocycles. The highest BCUT2D eigenvalue weighted by Gasteiger charge is 2.50. The first-order valence-corrected chi connectivity index (χ1v) is 14.1. The molecule has 1 N–H and O–H groups in total. The summed E-state index contributed by atoms with van der Waals surface area (Å²) in [6.07, 6.45) is 0.0802. The fourth-order valence-electron chi connectivity index (χ4n) is 4.23. The van der Waals surface area contributed by atoms with Crippen molar-refractivity contribution in [2.24, 2.45) is 5.41 Å². The average Bonchev–Trinajstić information content (AvgIpc) is 2.81. The monoisotopic (exact) mass is 556 g/mol. The Morgan fingerprint density at radius 2 is 1.86 bits per heavy atom. The van der Waals surface area contributed by atoms with Crippen molar-refractivity contribution in [3.05, 3.63) is 12.1 Å². The number of sulfonamides is 1. The van der Waals surface area contributed by atoms with E-state index in [4.69, 9.17) is 4.74 Å². The Labute approximate surface area is 213 Å². The molecule has 7 nitrogen and oxygen atoms in total. The first-order valence-electron chi connectivity index (χ1n) is 11.5. The first kappa shape index (κ1) is 28.8. The van der Waals surface area contributed by atoms with Crippen LogP contribution in [0, 0.1) is 5.41 Å². The van der Waals surface area contributed by atoms with E-state index in [-0.39, 0.29) is 35.9 Å². The summed E-state index contributed by atoms with van der Waals surface area (Å²) < 4.78 is 89.0. The van der Waals surface area contributed by atoms with Crippen LogP contribution in [0.5, 0.6) is 5.75 Å². The Balaban J connectivity index is 2.09. The molecule has 1 aromatic rings. The summed E-state index contributed by atoms with van der Waals surface area (Å²) in [5.41, 5.74) is -1.04. The van der Waals surface area contributed by atoms with Gasteiger partial charge in [0.15, 0.2) is 0 Å². The second-order valence-electron chi connectivity index (χ2n) is 10.3. The zero-order valence-corrected chi connectivity index (χ0v) is 22.5. The molecule has 204 valence electrons. The summed E-state index contributed by atoms with van der Waals surface area (Å²) in [6.45, 7) is 3.44. The number of carboxylic acids is 1. The van der Waals surface area contributed by atoms with Crippen molar-refractivity contribution < 1.29 is 40.6 Å². The molecule has 0 bridgehead atoms. The number of benzene rings is 1. The third-order valence-corrected chi connectivity index (χ3v) is 9.42. The van der Waals surface area contributed by atoms with E-state index in [2.05, 4.69) is 0 Å². The van der Waals surface area contributed by atoms with E-state index in [1.807, 2.05) is 0 Å². The maximum absolute atomic E-state index is 13.8. The van der Waals surface area contributed by atoms with Crippen molar-refractivity contribution in [1.82, 2.24) is 4.31 Å². The minimum atomic E-state index is -4.22. The molecule has 1 fully saturated rings. The number of ether oxygens (including phenoxy) is 1. The van der Waals surface area contributed by atoms with Gasteiger partial charge < -0.3 is 14.7 Å². The zero-order valence-electron chi connectivity index (χ0n) is 20.9. The Morgan fingerprint density at radius 3 is 2.36 bits per heavy atom. The molecule has 1 unspecified atom stereocenters. The van der Waals surface area contributed by atoms with Crippen molar-refractivity contribution in [1.29, 1.82) is 0 Å². The largest absolute Gasteiger partial charge is 0.491 e. The third-order valence-electron chi connectivity index (χ3n) is 6.73. The average molecular weight is 557 g/mol. The van der Waals surface area contributed by atoms with Crippen molar-refractivity contribution in [3.8, 4) is 5.75 Å². The molecule has 3 rings (SSSR count). The van der Waals surface area contributed by atoms with Crippen LogP contribution in [-0.4, -0.2) is 74.2 Å². The number of hydrogen-bond donors (Lipinski definition) is 1. The predicted molar refractivity (Wildman–Crippen MR) is 129 cm³/mol. The van der Waals surface area contributed by atoms with Gasteiger partial charge in [-0.1, -0.05) is 0 Å². The van der Waals surface area contributed by atoms with Gasteiger partial charge >= 0.3 is 5.97 Å². The van der Waals surface area contributed by atoms with E-state index in [1.54, 1.807) is 17.2 Å². The van der Waals surface area contributed by atoms with Crippen LogP contribution in [0.2, 0.25) is 0 Å². The van der Waals surface area contributed by atoms with E-state index >= 15 is 0 Å². The molecular weight excluding hydrogens is 524 g/mol. The molecule has 2 aliphatic rings. The summed E-state index contributed by atoms with van der Waals surface area (Å²) >= 11 is 1.23. The first-order chi connectivity index (χ1) is 16.4. The van der Waals surface area contributed by atoms with Gasteiger partial charge in [0.05, 0.1) is 16.0 Å². The van der Waals surface area contributed by atoms with Gasteiger partial charge in [0.2, 0.25) is 15.9 Å². The van der Waals surface area contributed by atoms with E-state index in [9.17, 15) is 35.9 Å². The van der Waals surface area contributed by atoms with Crippen LogP contribution in [-0.2, 0) is 14.8 Å². The normalized spacial score (nSPS) is 22.5. The summed E-state index contributed by atoms with van der Waals surface area (Å²) in [7, 11) is -2.92. The van der Waals surface area contributed by atoms with Crippen LogP contribution in [0.1, 0.15) is 46.5 Å². The lowest BCUT2D eigenvalue weighted by Crippen LogP contribution is -2.54. The quantitative estimate of drug-likeness (QED) is 0.341. The fourth-order valence-corrected chi connectivity index (χ4v) is 6.35. The number of nitrogens with zero attached hydrogens (tertiary/aromatic N) is 2. The minimum absolute atomic E-state index is 0.0143. The van der Waals surface area contributed by atoms with Crippen LogP contribution < -0.4 is 9.64 Å². The predicted octanol–water partition coefficient (Wildman–Crippen LogP) is 4.94. The molecule has 1 saturated carbocycles. The summed E-state index contributed by atoms with van der Waals surface area (Å²) in [4.78, 5) is 13.4. The molecule has 1 aromatic carbocycles. The van der Waals surface area contributed by atoms with Crippen molar-refractivity contribution in [2.75, 3.05) is 31.4 Å². The second-order valence-corrected chi connectivity index (χ2v) is 13.1. The van der Waals surface area contributed by atoms with Gasteiger partial charge in [-0.3, -0.25) is 4.79 Å². The third kappa shape index (κ3) is 6.04. The van der Waals surface area contributed by atoms with Gasteiger partial charge in [0.1, 0.15) is 17.3 Å². The maximum Gasteiger partial charge on any atom is 0.312 e. The lowest BCUT2D eigenvalue weighted by atomic mass is 9.86. The highest BCUT2D eigenvalue weighted by Crippen LogP contribution is 2.47. The number of rotatable bonds is 9. The SMILES string of the molecule is CSc1cc2c(cc1OCC(C)(C)C(=O)O)S(=O)(=O)N(C)C(CCC(C)(F)F)CN2C1CC(F)(F)C1. The van der Waals surface area contributed by atoms with Crippen LogP contribution in [0.4, 0.5) is 23.2 Å². The van der Waals surface area contributed by atoms with Gasteiger partial charge in [0, 0.05) is 51.0 Å². The Bertz CT molecular complexity index is 1100. The highest BCUT2D eigenvalue weighted by molar-refractivity contribution is 7.98. The lowest BCUT2D eigenvalue weighted by Gasteiger charge is -2.44. The van der Waals surface area contributed by atoms with Crippen LogP contribution in [0.25, 0.3) is 0 Å². The Kier molecular flexibility index (Phi) is 7.90. The van der Waals surface area contributed by atoms with Gasteiger partial charge in [-0.15, -0.1) is 11.8 Å². The number of aliphatic carboxylic acids is 1. The Morgan fingerprint density at radius 1 is 1.25 bits per heavy atom. The number of likely N-dealkylation sites (N-methyl/N-ethyl adjacent to an activating group) is 1. The topological polar surface area (TPSA) is 87.1 Å². The molecule has 36 heavy (non-hydrogen) atoms. The smallest absolute Gasteiger partial charge is 0.312 e. The van der Waals surface area contributed by atoms with Crippen molar-refractivity contribution >= 4 is 33.4 Å². The van der Waals surface area contributed by atoms with Crippen LogP contribution in [0.3, 0.4) is 0 Å². The standard InChI is InChI=1S/C23H32F4N2O5S2/c1-21(2,20(30)31)13-34-17-9-19-16(8-18(17)35-5)29(15-10-23(26,27)11-15)12-14(6-7-22(3,24)25)28(4)36(19,32)33/h8-9,14-15H,6-7,10-13H2,1-5H3,(H,30,31). The molecule has 1 aliphatic carbocycles. The minimum Gasteiger partial charge on any atom is -0.491 e. The van der Waals surface area contributed by atoms with Crippen LogP contribution in [0.15, 0.2) is 21.9 Å². The van der Waals surface area contributed by atoms with Gasteiger partial charge in [0.25, 0.3) is 5.92 Å². The molecule has 1 aliphatic heterocycles. The lowest BCUT2D eigenvalue weighted by molar-refractivity contribution is -0.148. The van der Waals surface area contributed by atoms with Gasteiger partial charge in [-0.25, -0.2) is 26.0 Å². The van der Waals surface area contributed by atoms with E-state index < -0.39 is 64.6 Å². The van der Waals surface area contributed by atoms with Gasteiger partial charge in [-0.2, -0.15) is 4.31 Å². The number of halogens is 4. The molecule has 0 spiro atoms. The molecule has 1 heterocycles. The number of hydrogen-bond acceptors (Lipinski definition) is 6. The van der Waals surface area contributed by atoms with E-state index in [0.717, 1.165) is 11.2 Å². The Hall–Kier alpha value is -1.73. The molecule has 0 radical (unpaired) electrons.